The minimum atomic E-state index is -0.905. The van der Waals surface area contributed by atoms with Crippen molar-refractivity contribution in [3.8, 4) is 0 Å². The van der Waals surface area contributed by atoms with Crippen molar-refractivity contribution in [1.82, 2.24) is 4.90 Å². The number of hydrogen-bond donors (Lipinski definition) is 1. The van der Waals surface area contributed by atoms with Gasteiger partial charge in [0.05, 0.1) is 5.71 Å². The van der Waals surface area contributed by atoms with Gasteiger partial charge in [0, 0.05) is 21.5 Å². The summed E-state index contributed by atoms with van der Waals surface area (Å²) in [6.45, 7) is 2.03. The highest BCUT2D eigenvalue weighted by atomic mass is 127. The van der Waals surface area contributed by atoms with Gasteiger partial charge in [-0.1, -0.05) is 11.2 Å². The molecule has 1 aliphatic carbocycles. The van der Waals surface area contributed by atoms with Crippen LogP contribution >= 0.6 is 22.6 Å². The molecule has 0 aromatic carbocycles. The van der Waals surface area contributed by atoms with Crippen LogP contribution in [0, 0.1) is 5.92 Å². The fourth-order valence-corrected chi connectivity index (χ4v) is 3.38. The Bertz CT molecular complexity index is 398. The number of rotatable bonds is 2. The first-order valence-corrected chi connectivity index (χ1v) is 7.31. The lowest BCUT2D eigenvalue weighted by molar-refractivity contribution is 0.246. The van der Waals surface area contributed by atoms with Gasteiger partial charge in [0.25, 0.3) is 0 Å². The number of oxime groups is 1. The molecule has 1 aliphatic heterocycles. The standard InChI is InChI=1S/C13H18FIN2O/c1-17-6-4-9(5-7-17)13(16-18)11-3-2-10(14)8-12(11)15/h2-3,9-10,18H,4-8H2,1H3/b16-13-. The van der Waals surface area contributed by atoms with Gasteiger partial charge in [-0.25, -0.2) is 4.39 Å². The van der Waals surface area contributed by atoms with E-state index in [0.717, 1.165) is 40.8 Å². The lowest BCUT2D eigenvalue weighted by Crippen LogP contribution is -2.34. The van der Waals surface area contributed by atoms with Crippen molar-refractivity contribution in [2.45, 2.75) is 25.4 Å². The van der Waals surface area contributed by atoms with Gasteiger partial charge in [-0.15, -0.1) is 0 Å². The van der Waals surface area contributed by atoms with Crippen LogP contribution in [0.15, 0.2) is 26.5 Å². The summed E-state index contributed by atoms with van der Waals surface area (Å²) in [6, 6.07) is 0. The number of piperidine rings is 1. The van der Waals surface area contributed by atoms with Crippen LogP contribution in [0.3, 0.4) is 0 Å². The molecule has 1 unspecified atom stereocenters. The summed E-state index contributed by atoms with van der Waals surface area (Å²) in [5, 5.41) is 12.8. The van der Waals surface area contributed by atoms with Crippen LogP contribution in [0.2, 0.25) is 0 Å². The molecule has 1 saturated heterocycles. The Kier molecular flexibility index (Phi) is 4.77. The van der Waals surface area contributed by atoms with Crippen LogP contribution in [0.4, 0.5) is 4.39 Å². The zero-order chi connectivity index (χ0) is 13.1. The molecule has 100 valence electrons. The van der Waals surface area contributed by atoms with E-state index in [1.54, 1.807) is 12.2 Å². The Labute approximate surface area is 121 Å². The Morgan fingerprint density at radius 2 is 2.17 bits per heavy atom. The maximum absolute atomic E-state index is 13.2. The summed E-state index contributed by atoms with van der Waals surface area (Å²) in [6.07, 6.45) is 4.81. The molecule has 5 heteroatoms. The van der Waals surface area contributed by atoms with Gasteiger partial charge in [0.1, 0.15) is 6.17 Å². The minimum Gasteiger partial charge on any atom is -0.411 e. The maximum atomic E-state index is 13.2. The molecular formula is C13H18FIN2O. The van der Waals surface area contributed by atoms with E-state index in [1.807, 2.05) is 0 Å². The second-order valence-corrected chi connectivity index (χ2v) is 6.26. The van der Waals surface area contributed by atoms with E-state index in [0.29, 0.717) is 6.42 Å². The zero-order valence-corrected chi connectivity index (χ0v) is 12.6. The lowest BCUT2D eigenvalue weighted by Gasteiger charge is -2.30. The number of nitrogens with zero attached hydrogens (tertiary/aromatic N) is 2. The largest absolute Gasteiger partial charge is 0.411 e. The number of alkyl halides is 1. The van der Waals surface area contributed by atoms with Crippen molar-refractivity contribution in [1.29, 1.82) is 0 Å². The summed E-state index contributed by atoms with van der Waals surface area (Å²) in [4.78, 5) is 2.28. The molecule has 0 amide bonds. The second-order valence-electron chi connectivity index (χ2n) is 4.96. The molecule has 0 bridgehead atoms. The van der Waals surface area contributed by atoms with Crippen LogP contribution < -0.4 is 0 Å². The summed E-state index contributed by atoms with van der Waals surface area (Å²) < 4.78 is 14.2. The Morgan fingerprint density at radius 3 is 2.72 bits per heavy atom. The van der Waals surface area contributed by atoms with E-state index in [9.17, 15) is 9.60 Å². The van der Waals surface area contributed by atoms with E-state index < -0.39 is 6.17 Å². The van der Waals surface area contributed by atoms with Crippen LogP contribution in [-0.4, -0.2) is 42.1 Å². The van der Waals surface area contributed by atoms with Crippen molar-refractivity contribution in [2.75, 3.05) is 20.1 Å². The van der Waals surface area contributed by atoms with Crippen molar-refractivity contribution in [2.24, 2.45) is 11.1 Å². The first-order chi connectivity index (χ1) is 8.61. The Morgan fingerprint density at radius 1 is 1.50 bits per heavy atom. The number of allylic oxidation sites excluding steroid dienone is 4. The van der Waals surface area contributed by atoms with Gasteiger partial charge < -0.3 is 10.1 Å². The number of halogens is 2. The first-order valence-electron chi connectivity index (χ1n) is 6.23. The SMILES string of the molecule is CN1CCC(/C(=N/O)C2=C(I)CC(F)C=C2)CC1. The van der Waals surface area contributed by atoms with E-state index in [1.165, 1.54) is 0 Å². The monoisotopic (exact) mass is 364 g/mol. The summed E-state index contributed by atoms with van der Waals surface area (Å²) in [5.74, 6) is 0.284. The van der Waals surface area contributed by atoms with Crippen LogP contribution in [0.25, 0.3) is 0 Å². The molecule has 0 aromatic heterocycles. The predicted molar refractivity (Wildman–Crippen MR) is 79.1 cm³/mol. The van der Waals surface area contributed by atoms with Gasteiger partial charge in [0.15, 0.2) is 0 Å². The van der Waals surface area contributed by atoms with E-state index in [-0.39, 0.29) is 5.92 Å². The van der Waals surface area contributed by atoms with Crippen molar-refractivity contribution in [3.63, 3.8) is 0 Å². The van der Waals surface area contributed by atoms with E-state index in [2.05, 4.69) is 39.7 Å². The predicted octanol–water partition coefficient (Wildman–Crippen LogP) is 3.15. The quantitative estimate of drug-likeness (QED) is 0.354. The van der Waals surface area contributed by atoms with Gasteiger partial charge >= 0.3 is 0 Å². The highest BCUT2D eigenvalue weighted by Crippen LogP contribution is 2.31. The molecule has 0 spiro atoms. The molecule has 18 heavy (non-hydrogen) atoms. The average molecular weight is 364 g/mol. The molecule has 1 N–H and O–H groups in total. The van der Waals surface area contributed by atoms with Gasteiger partial charge in [-0.05, 0) is 61.6 Å². The second kappa shape index (κ2) is 6.14. The molecule has 3 nitrogen and oxygen atoms in total. The van der Waals surface area contributed by atoms with Crippen molar-refractivity contribution < 1.29 is 9.60 Å². The molecule has 0 radical (unpaired) electrons. The zero-order valence-electron chi connectivity index (χ0n) is 10.4. The third kappa shape index (κ3) is 3.12. The van der Waals surface area contributed by atoms with Crippen molar-refractivity contribution in [3.05, 3.63) is 21.3 Å². The summed E-state index contributed by atoms with van der Waals surface area (Å²) in [7, 11) is 2.10. The Hall–Kier alpha value is -0.430. The van der Waals surface area contributed by atoms with Gasteiger partial charge in [-0.2, -0.15) is 0 Å². The molecule has 2 aliphatic rings. The van der Waals surface area contributed by atoms with Crippen LogP contribution in [0.1, 0.15) is 19.3 Å². The van der Waals surface area contributed by atoms with E-state index in [4.69, 9.17) is 0 Å². The fraction of sp³-hybridized carbons (Fsp3) is 0.615. The summed E-state index contributed by atoms with van der Waals surface area (Å²) >= 11 is 2.16. The third-order valence-corrected chi connectivity index (χ3v) is 4.65. The molecule has 1 heterocycles. The van der Waals surface area contributed by atoms with Crippen LogP contribution in [-0.2, 0) is 0 Å². The first kappa shape index (κ1) is 14.0. The molecule has 0 aromatic rings. The highest BCUT2D eigenvalue weighted by Gasteiger charge is 2.27. The summed E-state index contributed by atoms with van der Waals surface area (Å²) in [5.41, 5.74) is 1.65. The highest BCUT2D eigenvalue weighted by molar-refractivity contribution is 14.1. The Balaban J connectivity index is 2.15. The topological polar surface area (TPSA) is 35.8 Å². The van der Waals surface area contributed by atoms with Crippen molar-refractivity contribution >= 4 is 28.3 Å². The third-order valence-electron chi connectivity index (χ3n) is 3.63. The minimum absolute atomic E-state index is 0.284. The fourth-order valence-electron chi connectivity index (χ4n) is 2.50. The molecule has 2 rings (SSSR count). The van der Waals surface area contributed by atoms with E-state index >= 15 is 0 Å². The molecule has 1 fully saturated rings. The number of hydrogen-bond acceptors (Lipinski definition) is 3. The molecular weight excluding hydrogens is 346 g/mol. The van der Waals surface area contributed by atoms with Crippen LogP contribution in [0.5, 0.6) is 0 Å². The molecule has 1 atom stereocenters. The number of likely N-dealkylation sites (tertiary alicyclic amines) is 1. The average Bonchev–Trinajstić information content (AvgIpc) is 2.35. The van der Waals surface area contributed by atoms with Gasteiger partial charge in [-0.3, -0.25) is 0 Å². The molecule has 0 saturated carbocycles. The maximum Gasteiger partial charge on any atom is 0.123 e. The lowest BCUT2D eigenvalue weighted by atomic mass is 9.86. The smallest absolute Gasteiger partial charge is 0.123 e. The normalized spacial score (nSPS) is 27.9. The van der Waals surface area contributed by atoms with Gasteiger partial charge in [0.2, 0.25) is 0 Å².